The van der Waals surface area contributed by atoms with E-state index in [1.165, 1.54) is 0 Å². The third-order valence-electron chi connectivity index (χ3n) is 1.71. The normalized spacial score (nSPS) is 10.6. The lowest BCUT2D eigenvalue weighted by Gasteiger charge is -1.89. The van der Waals surface area contributed by atoms with Gasteiger partial charge in [-0.15, -0.1) is 11.6 Å². The number of aromatic amines is 1. The van der Waals surface area contributed by atoms with Gasteiger partial charge >= 0.3 is 0 Å². The Bertz CT molecular complexity index is 367. The molecule has 1 N–H and O–H groups in total. The molecule has 0 saturated heterocycles. The molecule has 2 heterocycles. The van der Waals surface area contributed by atoms with Crippen molar-refractivity contribution in [1.29, 1.82) is 0 Å². The summed E-state index contributed by atoms with van der Waals surface area (Å²) in [5.41, 5.74) is 2.17. The van der Waals surface area contributed by atoms with Crippen molar-refractivity contribution < 1.29 is 0 Å². The molecule has 0 saturated carbocycles. The topological polar surface area (TPSA) is 28.7 Å². The zero-order valence-corrected chi connectivity index (χ0v) is 6.60. The first kappa shape index (κ1) is 6.68. The second-order valence-corrected chi connectivity index (χ2v) is 2.64. The zero-order valence-electron chi connectivity index (χ0n) is 5.84. The molecule has 0 fully saturated rings. The van der Waals surface area contributed by atoms with E-state index in [9.17, 15) is 0 Å². The van der Waals surface area contributed by atoms with Crippen LogP contribution in [-0.4, -0.2) is 9.97 Å². The van der Waals surface area contributed by atoms with Crippen molar-refractivity contribution in [2.75, 3.05) is 0 Å². The van der Waals surface area contributed by atoms with Gasteiger partial charge in [-0.1, -0.05) is 0 Å². The molecule has 3 heteroatoms. The van der Waals surface area contributed by atoms with Gasteiger partial charge in [0.15, 0.2) is 0 Å². The average Bonchev–Trinajstić information content (AvgIpc) is 2.47. The van der Waals surface area contributed by atoms with Gasteiger partial charge in [0.1, 0.15) is 0 Å². The molecule has 0 aliphatic rings. The van der Waals surface area contributed by atoms with Crippen molar-refractivity contribution in [3.8, 4) is 0 Å². The van der Waals surface area contributed by atoms with Crippen molar-refractivity contribution in [2.24, 2.45) is 0 Å². The van der Waals surface area contributed by atoms with Crippen molar-refractivity contribution in [3.05, 3.63) is 30.2 Å². The minimum absolute atomic E-state index is 0.546. The van der Waals surface area contributed by atoms with E-state index in [2.05, 4.69) is 9.97 Å². The second-order valence-electron chi connectivity index (χ2n) is 2.37. The lowest BCUT2D eigenvalue weighted by atomic mass is 10.2. The summed E-state index contributed by atoms with van der Waals surface area (Å²) >= 11 is 5.71. The third-order valence-corrected chi connectivity index (χ3v) is 2.00. The number of hydrogen-bond acceptors (Lipinski definition) is 1. The molecule has 0 bridgehead atoms. The van der Waals surface area contributed by atoms with Crippen LogP contribution in [0.1, 0.15) is 5.56 Å². The first-order valence-electron chi connectivity index (χ1n) is 3.38. The van der Waals surface area contributed by atoms with Gasteiger partial charge in [0.25, 0.3) is 0 Å². The molecule has 0 unspecified atom stereocenters. The smallest absolute Gasteiger partial charge is 0.0643 e. The van der Waals surface area contributed by atoms with Gasteiger partial charge in [0, 0.05) is 23.7 Å². The number of nitrogens with one attached hydrogen (secondary N) is 1. The van der Waals surface area contributed by atoms with Crippen molar-refractivity contribution in [1.82, 2.24) is 9.97 Å². The van der Waals surface area contributed by atoms with Gasteiger partial charge in [-0.05, 0) is 11.6 Å². The van der Waals surface area contributed by atoms with Gasteiger partial charge < -0.3 is 4.98 Å². The Labute approximate surface area is 69.2 Å². The highest BCUT2D eigenvalue weighted by molar-refractivity contribution is 6.18. The maximum atomic E-state index is 5.71. The third kappa shape index (κ3) is 0.994. The number of halogens is 1. The molecule has 2 nitrogen and oxygen atoms in total. The van der Waals surface area contributed by atoms with Crippen LogP contribution in [0.15, 0.2) is 24.7 Å². The van der Waals surface area contributed by atoms with Crippen LogP contribution in [0.4, 0.5) is 0 Å². The molecule has 0 radical (unpaired) electrons. The Morgan fingerprint density at radius 1 is 1.55 bits per heavy atom. The van der Waals surface area contributed by atoms with E-state index in [0.29, 0.717) is 5.88 Å². The van der Waals surface area contributed by atoms with Gasteiger partial charge in [-0.25, -0.2) is 0 Å². The fourth-order valence-corrected chi connectivity index (χ4v) is 1.36. The van der Waals surface area contributed by atoms with E-state index >= 15 is 0 Å². The molecule has 11 heavy (non-hydrogen) atoms. The number of nitrogens with zero attached hydrogens (tertiary/aromatic N) is 1. The molecule has 0 atom stereocenters. The Kier molecular flexibility index (Phi) is 1.55. The fourth-order valence-electron chi connectivity index (χ4n) is 1.14. The highest BCUT2D eigenvalue weighted by Gasteiger charge is 1.99. The first-order valence-corrected chi connectivity index (χ1v) is 3.91. The molecule has 0 aliphatic heterocycles. The Morgan fingerprint density at radius 2 is 2.45 bits per heavy atom. The Morgan fingerprint density at radius 3 is 3.27 bits per heavy atom. The molecule has 0 aromatic carbocycles. The number of pyridine rings is 1. The number of rotatable bonds is 1. The van der Waals surface area contributed by atoms with Gasteiger partial charge in [-0.3, -0.25) is 4.98 Å². The average molecular weight is 167 g/mol. The van der Waals surface area contributed by atoms with Gasteiger partial charge in [0.05, 0.1) is 11.7 Å². The number of hydrogen-bond donors (Lipinski definition) is 1. The maximum Gasteiger partial charge on any atom is 0.0643 e. The molecule has 2 rings (SSSR count). The molecule has 56 valence electrons. The monoisotopic (exact) mass is 166 g/mol. The second kappa shape index (κ2) is 2.55. The zero-order chi connectivity index (χ0) is 7.68. The predicted octanol–water partition coefficient (Wildman–Crippen LogP) is 2.30. The highest BCUT2D eigenvalue weighted by Crippen LogP contribution is 2.17. The fraction of sp³-hybridized carbons (Fsp3) is 0.125. The summed E-state index contributed by atoms with van der Waals surface area (Å²) in [5, 5.41) is 1.16. The summed E-state index contributed by atoms with van der Waals surface area (Å²) in [6, 6.07) is 1.96. The molecule has 2 aromatic heterocycles. The number of fused-ring (bicyclic) bond motifs is 1. The van der Waals surface area contributed by atoms with E-state index < -0.39 is 0 Å². The summed E-state index contributed by atoms with van der Waals surface area (Å²) in [4.78, 5) is 7.08. The quantitative estimate of drug-likeness (QED) is 0.647. The molecular formula is C8H7ClN2. The molecular weight excluding hydrogens is 160 g/mol. The standard InChI is InChI=1S/C8H7ClN2/c9-3-6-4-11-8-5-10-2-1-7(6)8/h1-2,4-5,11H,3H2. The maximum absolute atomic E-state index is 5.71. The Hall–Kier alpha value is -1.02. The highest BCUT2D eigenvalue weighted by atomic mass is 35.5. The van der Waals surface area contributed by atoms with E-state index in [-0.39, 0.29) is 0 Å². The van der Waals surface area contributed by atoms with Gasteiger partial charge in [0.2, 0.25) is 0 Å². The summed E-state index contributed by atoms with van der Waals surface area (Å²) < 4.78 is 0. The first-order chi connectivity index (χ1) is 5.42. The van der Waals surface area contributed by atoms with E-state index in [4.69, 9.17) is 11.6 Å². The van der Waals surface area contributed by atoms with Crippen LogP contribution in [0.3, 0.4) is 0 Å². The van der Waals surface area contributed by atoms with Crippen LogP contribution in [0.5, 0.6) is 0 Å². The minimum Gasteiger partial charge on any atom is -0.360 e. The lowest BCUT2D eigenvalue weighted by molar-refractivity contribution is 1.34. The molecule has 0 amide bonds. The SMILES string of the molecule is ClCc1c[nH]c2cnccc12. The lowest BCUT2D eigenvalue weighted by Crippen LogP contribution is -1.73. The van der Waals surface area contributed by atoms with E-state index in [1.54, 1.807) is 12.4 Å². The number of aromatic nitrogens is 2. The Balaban J connectivity index is 2.76. The van der Waals surface area contributed by atoms with Crippen LogP contribution in [-0.2, 0) is 5.88 Å². The summed E-state index contributed by atoms with van der Waals surface area (Å²) in [7, 11) is 0. The summed E-state index contributed by atoms with van der Waals surface area (Å²) in [6.45, 7) is 0. The summed E-state index contributed by atoms with van der Waals surface area (Å²) in [6.07, 6.45) is 5.48. The van der Waals surface area contributed by atoms with Crippen LogP contribution in [0.25, 0.3) is 10.9 Å². The number of alkyl halides is 1. The molecule has 2 aromatic rings. The predicted molar refractivity (Wildman–Crippen MR) is 45.7 cm³/mol. The number of H-pyrrole nitrogens is 1. The molecule has 0 spiro atoms. The van der Waals surface area contributed by atoms with Crippen LogP contribution >= 0.6 is 11.6 Å². The molecule has 0 aliphatic carbocycles. The van der Waals surface area contributed by atoms with E-state index in [1.807, 2.05) is 12.3 Å². The van der Waals surface area contributed by atoms with Crippen molar-refractivity contribution in [2.45, 2.75) is 5.88 Å². The van der Waals surface area contributed by atoms with E-state index in [0.717, 1.165) is 16.5 Å². The summed E-state index contributed by atoms with van der Waals surface area (Å²) in [5.74, 6) is 0.546. The van der Waals surface area contributed by atoms with Crippen LogP contribution < -0.4 is 0 Å². The van der Waals surface area contributed by atoms with Crippen LogP contribution in [0, 0.1) is 0 Å². The van der Waals surface area contributed by atoms with Gasteiger partial charge in [-0.2, -0.15) is 0 Å². The van der Waals surface area contributed by atoms with Crippen molar-refractivity contribution in [3.63, 3.8) is 0 Å². The van der Waals surface area contributed by atoms with Crippen LogP contribution in [0.2, 0.25) is 0 Å². The van der Waals surface area contributed by atoms with Crippen molar-refractivity contribution >= 4 is 22.5 Å². The largest absolute Gasteiger partial charge is 0.360 e. The minimum atomic E-state index is 0.546.